The molecular formula is C19H30ClN3O2S. The molecule has 1 saturated heterocycles. The first-order valence-corrected chi connectivity index (χ1v) is 11.5. The van der Waals surface area contributed by atoms with E-state index in [1.54, 1.807) is 11.4 Å². The largest absolute Gasteiger partial charge is 0.299 e. The fourth-order valence-corrected chi connectivity index (χ4v) is 5.54. The summed E-state index contributed by atoms with van der Waals surface area (Å²) in [6.07, 6.45) is 7.16. The lowest BCUT2D eigenvalue weighted by molar-refractivity contribution is 0.197. The summed E-state index contributed by atoms with van der Waals surface area (Å²) in [5.41, 5.74) is 1.24. The van der Waals surface area contributed by atoms with Crippen LogP contribution in [0.2, 0.25) is 5.02 Å². The molecule has 2 aliphatic rings. The number of likely N-dealkylation sites (tertiary alicyclic amines) is 1. The molecule has 0 unspecified atom stereocenters. The van der Waals surface area contributed by atoms with Gasteiger partial charge in [0.25, 0.3) is 10.2 Å². The summed E-state index contributed by atoms with van der Waals surface area (Å²) in [6.45, 7) is 2.70. The van der Waals surface area contributed by atoms with Gasteiger partial charge in [0.1, 0.15) is 0 Å². The average molecular weight is 400 g/mol. The van der Waals surface area contributed by atoms with Crippen LogP contribution in [0.3, 0.4) is 0 Å². The second-order valence-corrected chi connectivity index (χ2v) is 9.81. The summed E-state index contributed by atoms with van der Waals surface area (Å²) in [5, 5.41) is 0.754. The molecule has 1 aromatic carbocycles. The Morgan fingerprint density at radius 3 is 2.31 bits per heavy atom. The number of rotatable bonds is 6. The Bertz CT molecular complexity index is 667. The minimum absolute atomic E-state index is 0.0347. The number of benzene rings is 1. The Balaban J connectivity index is 1.47. The van der Waals surface area contributed by atoms with Gasteiger partial charge in [0.2, 0.25) is 0 Å². The quantitative estimate of drug-likeness (QED) is 0.797. The maximum atomic E-state index is 12.7. The van der Waals surface area contributed by atoms with E-state index in [2.05, 4.69) is 21.8 Å². The summed E-state index contributed by atoms with van der Waals surface area (Å²) in [7, 11) is -1.66. The molecule has 0 aromatic heterocycles. The average Bonchev–Trinajstić information content (AvgIpc) is 2.65. The molecule has 1 aromatic rings. The highest BCUT2D eigenvalue weighted by Gasteiger charge is 2.30. The first-order chi connectivity index (χ1) is 12.4. The van der Waals surface area contributed by atoms with Crippen LogP contribution in [0, 0.1) is 0 Å². The molecule has 3 rings (SSSR count). The lowest BCUT2D eigenvalue weighted by Crippen LogP contribution is -2.51. The topological polar surface area (TPSA) is 52.7 Å². The van der Waals surface area contributed by atoms with Gasteiger partial charge in [0, 0.05) is 43.8 Å². The minimum Gasteiger partial charge on any atom is -0.299 e. The molecule has 1 saturated carbocycles. The predicted molar refractivity (Wildman–Crippen MR) is 106 cm³/mol. The van der Waals surface area contributed by atoms with Gasteiger partial charge in [-0.3, -0.25) is 4.90 Å². The second kappa shape index (κ2) is 9.02. The summed E-state index contributed by atoms with van der Waals surface area (Å²) in [6, 6.07) is 8.13. The summed E-state index contributed by atoms with van der Waals surface area (Å²) in [4.78, 5) is 2.37. The molecule has 0 spiro atoms. The molecule has 1 aliphatic carbocycles. The highest BCUT2D eigenvalue weighted by atomic mass is 35.5. The van der Waals surface area contributed by atoms with E-state index >= 15 is 0 Å². The SMILES string of the molecule is CN(C1CCCCC1)S(=O)(=O)NC1CCN(Cc2ccc(Cl)cc2)CC1. The van der Waals surface area contributed by atoms with Crippen molar-refractivity contribution in [2.75, 3.05) is 20.1 Å². The first kappa shape index (κ1) is 20.1. The van der Waals surface area contributed by atoms with Crippen molar-refractivity contribution in [3.8, 4) is 0 Å². The molecule has 0 atom stereocenters. The predicted octanol–water partition coefficient (Wildman–Crippen LogP) is 3.40. The van der Waals surface area contributed by atoms with E-state index in [0.717, 1.165) is 63.2 Å². The third-order valence-corrected chi connectivity index (χ3v) is 7.63. The number of piperidine rings is 1. The van der Waals surface area contributed by atoms with Crippen molar-refractivity contribution in [2.45, 2.75) is 63.6 Å². The standard InChI is InChI=1S/C19H30ClN3O2S/c1-22(19-5-3-2-4-6-19)26(24,25)21-18-11-13-23(14-12-18)15-16-7-9-17(20)10-8-16/h7-10,18-19,21H,2-6,11-15H2,1H3. The van der Waals surface area contributed by atoms with Gasteiger partial charge in [-0.1, -0.05) is 43.0 Å². The summed E-state index contributed by atoms with van der Waals surface area (Å²) >= 11 is 5.93. The van der Waals surface area contributed by atoms with E-state index in [-0.39, 0.29) is 12.1 Å². The molecule has 5 nitrogen and oxygen atoms in total. The fourth-order valence-electron chi connectivity index (χ4n) is 3.99. The van der Waals surface area contributed by atoms with Crippen LogP contribution in [0.1, 0.15) is 50.5 Å². The van der Waals surface area contributed by atoms with E-state index in [9.17, 15) is 8.42 Å². The van der Waals surface area contributed by atoms with Gasteiger partial charge in [-0.25, -0.2) is 0 Å². The van der Waals surface area contributed by atoms with E-state index in [1.165, 1.54) is 12.0 Å². The molecule has 26 heavy (non-hydrogen) atoms. The Kier molecular flexibility index (Phi) is 6.97. The molecule has 146 valence electrons. The highest BCUT2D eigenvalue weighted by molar-refractivity contribution is 7.87. The molecule has 1 heterocycles. The van der Waals surface area contributed by atoms with Crippen LogP contribution in [0.15, 0.2) is 24.3 Å². The molecule has 0 radical (unpaired) electrons. The maximum absolute atomic E-state index is 12.7. The van der Waals surface area contributed by atoms with Crippen molar-refractivity contribution in [2.24, 2.45) is 0 Å². The van der Waals surface area contributed by atoms with Crippen LogP contribution >= 0.6 is 11.6 Å². The Morgan fingerprint density at radius 1 is 1.08 bits per heavy atom. The third-order valence-electron chi connectivity index (χ3n) is 5.69. The van der Waals surface area contributed by atoms with Crippen LogP contribution in [-0.4, -0.2) is 49.8 Å². The number of halogens is 1. The van der Waals surface area contributed by atoms with E-state index in [1.807, 2.05) is 12.1 Å². The first-order valence-electron chi connectivity index (χ1n) is 9.66. The van der Waals surface area contributed by atoms with Gasteiger partial charge in [-0.05, 0) is 43.4 Å². The zero-order valence-corrected chi connectivity index (χ0v) is 17.1. The maximum Gasteiger partial charge on any atom is 0.279 e. The fraction of sp³-hybridized carbons (Fsp3) is 0.684. The van der Waals surface area contributed by atoms with Gasteiger partial charge in [0.05, 0.1) is 0 Å². The monoisotopic (exact) mass is 399 g/mol. The van der Waals surface area contributed by atoms with Crippen molar-refractivity contribution < 1.29 is 8.42 Å². The lowest BCUT2D eigenvalue weighted by atomic mass is 9.96. The van der Waals surface area contributed by atoms with Crippen LogP contribution in [0.5, 0.6) is 0 Å². The van der Waals surface area contributed by atoms with Crippen LogP contribution in [-0.2, 0) is 16.8 Å². The number of hydrogen-bond donors (Lipinski definition) is 1. The zero-order valence-electron chi connectivity index (χ0n) is 15.5. The van der Waals surface area contributed by atoms with Crippen LogP contribution in [0.25, 0.3) is 0 Å². The molecular weight excluding hydrogens is 370 g/mol. The number of nitrogens with one attached hydrogen (secondary N) is 1. The minimum atomic E-state index is -3.39. The zero-order chi connectivity index (χ0) is 18.6. The summed E-state index contributed by atoms with van der Waals surface area (Å²) < 4.78 is 29.9. The van der Waals surface area contributed by atoms with E-state index < -0.39 is 10.2 Å². The smallest absolute Gasteiger partial charge is 0.279 e. The van der Waals surface area contributed by atoms with Gasteiger partial charge in [-0.2, -0.15) is 17.4 Å². The Hall–Kier alpha value is -0.660. The molecule has 2 fully saturated rings. The van der Waals surface area contributed by atoms with Crippen molar-refractivity contribution in [3.63, 3.8) is 0 Å². The van der Waals surface area contributed by atoms with Crippen molar-refractivity contribution in [1.82, 2.24) is 13.9 Å². The van der Waals surface area contributed by atoms with Crippen LogP contribution < -0.4 is 4.72 Å². The van der Waals surface area contributed by atoms with Gasteiger partial charge >= 0.3 is 0 Å². The van der Waals surface area contributed by atoms with Crippen molar-refractivity contribution in [3.05, 3.63) is 34.9 Å². The molecule has 7 heteroatoms. The van der Waals surface area contributed by atoms with E-state index in [4.69, 9.17) is 11.6 Å². The third kappa shape index (κ3) is 5.42. The molecule has 1 N–H and O–H groups in total. The summed E-state index contributed by atoms with van der Waals surface area (Å²) in [5.74, 6) is 0. The highest BCUT2D eigenvalue weighted by Crippen LogP contribution is 2.24. The molecule has 1 aliphatic heterocycles. The normalized spacial score (nSPS) is 21.3. The van der Waals surface area contributed by atoms with Crippen LogP contribution in [0.4, 0.5) is 0 Å². The Labute approximate surface area is 162 Å². The van der Waals surface area contributed by atoms with Crippen molar-refractivity contribution >= 4 is 21.8 Å². The van der Waals surface area contributed by atoms with Gasteiger partial charge < -0.3 is 0 Å². The lowest BCUT2D eigenvalue weighted by Gasteiger charge is -2.35. The van der Waals surface area contributed by atoms with Gasteiger partial charge in [-0.15, -0.1) is 0 Å². The van der Waals surface area contributed by atoms with Crippen molar-refractivity contribution in [1.29, 1.82) is 0 Å². The Morgan fingerprint density at radius 2 is 1.69 bits per heavy atom. The van der Waals surface area contributed by atoms with Gasteiger partial charge in [0.15, 0.2) is 0 Å². The van der Waals surface area contributed by atoms with E-state index in [0.29, 0.717) is 0 Å². The number of nitrogens with zero attached hydrogens (tertiary/aromatic N) is 2. The second-order valence-electron chi connectivity index (χ2n) is 7.61. The molecule has 0 bridgehead atoms. The number of hydrogen-bond acceptors (Lipinski definition) is 3. The molecule has 0 amide bonds.